The molecular weight excluding hydrogens is 163 g/mol. The largest absolute Gasteiger partial charge is 0.143 e. The van der Waals surface area contributed by atoms with E-state index in [1.54, 1.807) is 0 Å². The Morgan fingerprint density at radius 2 is 1.58 bits per heavy atom. The summed E-state index contributed by atoms with van der Waals surface area (Å²) < 4.78 is 0. The lowest BCUT2D eigenvalue weighted by atomic mass is 9.90. The summed E-state index contributed by atoms with van der Waals surface area (Å²) in [6, 6.07) is 12.5. The Balaban J connectivity index is 2.95. The van der Waals surface area contributed by atoms with Gasteiger partial charge in [0.2, 0.25) is 0 Å². The van der Waals surface area contributed by atoms with Gasteiger partial charge in [0.1, 0.15) is 7.85 Å². The average molecular weight is 172 g/mol. The topological polar surface area (TPSA) is 0 Å². The second kappa shape index (κ2) is 2.87. The molecule has 2 heteroatoms. The first-order valence-corrected chi connectivity index (χ1v) is 4.41. The fraction of sp³-hybridized carbons (Fsp3) is 0. The molecule has 0 heterocycles. The number of fused-ring (bicyclic) bond motifs is 1. The normalized spacial score (nSPS) is 10.4. The number of hydrogen-bond acceptors (Lipinski definition) is 1. The van der Waals surface area contributed by atoms with Crippen LogP contribution in [0.4, 0.5) is 0 Å². The predicted octanol–water partition coefficient (Wildman–Crippen LogP) is 1.39. The molecule has 0 aliphatic carbocycles. The average Bonchev–Trinajstić information content (AvgIpc) is 2.12. The minimum absolute atomic E-state index is 1.05. The van der Waals surface area contributed by atoms with Crippen LogP contribution in [-0.4, -0.2) is 7.85 Å². The van der Waals surface area contributed by atoms with E-state index >= 15 is 0 Å². The van der Waals surface area contributed by atoms with Gasteiger partial charge in [-0.25, -0.2) is 0 Å². The van der Waals surface area contributed by atoms with Crippen LogP contribution in [0, 0.1) is 0 Å². The van der Waals surface area contributed by atoms with Crippen LogP contribution in [0.25, 0.3) is 10.8 Å². The van der Waals surface area contributed by atoms with Crippen LogP contribution >= 0.6 is 12.6 Å². The van der Waals surface area contributed by atoms with Crippen molar-refractivity contribution in [2.75, 3.05) is 0 Å². The van der Waals surface area contributed by atoms with Crippen molar-refractivity contribution >= 4 is 36.7 Å². The summed E-state index contributed by atoms with van der Waals surface area (Å²) >= 11 is 4.40. The van der Waals surface area contributed by atoms with Gasteiger partial charge in [-0.05, 0) is 16.8 Å². The van der Waals surface area contributed by atoms with E-state index in [4.69, 9.17) is 0 Å². The molecule has 0 atom stereocenters. The smallest absolute Gasteiger partial charge is 0.140 e. The molecule has 0 aromatic heterocycles. The van der Waals surface area contributed by atoms with Crippen molar-refractivity contribution < 1.29 is 0 Å². The van der Waals surface area contributed by atoms with Crippen LogP contribution in [-0.2, 0) is 0 Å². The minimum atomic E-state index is 1.05. The summed E-state index contributed by atoms with van der Waals surface area (Å²) in [5, 5.41) is 2.53. The molecule has 0 aliphatic rings. The molecule has 2 aromatic rings. The van der Waals surface area contributed by atoms with Gasteiger partial charge in [0, 0.05) is 4.90 Å². The molecule has 0 fully saturated rings. The van der Waals surface area contributed by atoms with E-state index < -0.39 is 0 Å². The van der Waals surface area contributed by atoms with Crippen molar-refractivity contribution in [2.24, 2.45) is 0 Å². The number of benzene rings is 2. The van der Waals surface area contributed by atoms with Gasteiger partial charge in [-0.1, -0.05) is 35.8 Å². The SMILES string of the molecule is Bc1ccc(S)c2ccccc12. The maximum absolute atomic E-state index is 4.40. The van der Waals surface area contributed by atoms with Crippen molar-refractivity contribution in [2.45, 2.75) is 4.90 Å². The van der Waals surface area contributed by atoms with Gasteiger partial charge in [-0.2, -0.15) is 0 Å². The summed E-state index contributed by atoms with van der Waals surface area (Å²) in [6.45, 7) is 0. The van der Waals surface area contributed by atoms with E-state index in [0.29, 0.717) is 0 Å². The van der Waals surface area contributed by atoms with Crippen LogP contribution < -0.4 is 5.46 Å². The maximum Gasteiger partial charge on any atom is 0.140 e. The standard InChI is InChI=1S/C10H9BS/c11-9-5-6-10(12)8-4-2-1-3-7(8)9/h1-6,12H,11H2. The third-order valence-electron chi connectivity index (χ3n) is 2.12. The van der Waals surface area contributed by atoms with Gasteiger partial charge in [0.25, 0.3) is 0 Å². The van der Waals surface area contributed by atoms with E-state index in [-0.39, 0.29) is 0 Å². The van der Waals surface area contributed by atoms with Crippen molar-refractivity contribution in [3.05, 3.63) is 36.4 Å². The molecule has 0 unspecified atom stereocenters. The van der Waals surface area contributed by atoms with Gasteiger partial charge in [-0.3, -0.25) is 0 Å². The summed E-state index contributed by atoms with van der Waals surface area (Å²) in [5.41, 5.74) is 1.31. The van der Waals surface area contributed by atoms with Gasteiger partial charge in [-0.15, -0.1) is 12.6 Å². The van der Waals surface area contributed by atoms with Crippen molar-refractivity contribution in [3.63, 3.8) is 0 Å². The summed E-state index contributed by atoms with van der Waals surface area (Å²) in [7, 11) is 2.12. The fourth-order valence-corrected chi connectivity index (χ4v) is 1.70. The first kappa shape index (κ1) is 7.75. The van der Waals surface area contributed by atoms with Gasteiger partial charge >= 0.3 is 0 Å². The van der Waals surface area contributed by atoms with Crippen LogP contribution in [0.5, 0.6) is 0 Å². The lowest BCUT2D eigenvalue weighted by molar-refractivity contribution is 1.58. The minimum Gasteiger partial charge on any atom is -0.143 e. The van der Waals surface area contributed by atoms with Crippen LogP contribution in [0.3, 0.4) is 0 Å². The molecule has 0 saturated carbocycles. The summed E-state index contributed by atoms with van der Waals surface area (Å²) in [6.07, 6.45) is 0. The molecule has 2 aromatic carbocycles. The zero-order chi connectivity index (χ0) is 8.55. The predicted molar refractivity (Wildman–Crippen MR) is 59.4 cm³/mol. The summed E-state index contributed by atoms with van der Waals surface area (Å²) in [5.74, 6) is 0. The van der Waals surface area contributed by atoms with Crippen molar-refractivity contribution in [1.82, 2.24) is 0 Å². The molecule has 0 N–H and O–H groups in total. The van der Waals surface area contributed by atoms with E-state index in [1.165, 1.54) is 16.2 Å². The van der Waals surface area contributed by atoms with Crippen LogP contribution in [0.2, 0.25) is 0 Å². The molecule has 0 radical (unpaired) electrons. The van der Waals surface area contributed by atoms with E-state index in [2.05, 4.69) is 44.7 Å². The third-order valence-corrected chi connectivity index (χ3v) is 2.51. The Bertz CT molecular complexity index is 383. The highest BCUT2D eigenvalue weighted by atomic mass is 32.1. The molecular formula is C10H9BS. The monoisotopic (exact) mass is 172 g/mol. The molecule has 2 rings (SSSR count). The highest BCUT2D eigenvalue weighted by Gasteiger charge is 1.97. The highest BCUT2D eigenvalue weighted by molar-refractivity contribution is 7.80. The zero-order valence-corrected chi connectivity index (χ0v) is 7.81. The lowest BCUT2D eigenvalue weighted by Gasteiger charge is -2.03. The van der Waals surface area contributed by atoms with E-state index in [9.17, 15) is 0 Å². The molecule has 0 aliphatic heterocycles. The lowest BCUT2D eigenvalue weighted by Crippen LogP contribution is -2.02. The second-order valence-corrected chi connectivity index (χ2v) is 3.43. The highest BCUT2D eigenvalue weighted by Crippen LogP contribution is 2.18. The van der Waals surface area contributed by atoms with Crippen molar-refractivity contribution in [1.29, 1.82) is 0 Å². The molecule has 0 bridgehead atoms. The molecule has 0 spiro atoms. The van der Waals surface area contributed by atoms with Gasteiger partial charge in [0.05, 0.1) is 0 Å². The second-order valence-electron chi connectivity index (χ2n) is 2.95. The molecule has 0 amide bonds. The summed E-state index contributed by atoms with van der Waals surface area (Å²) in [4.78, 5) is 1.05. The molecule has 0 saturated heterocycles. The third kappa shape index (κ3) is 1.12. The molecule has 58 valence electrons. The number of thiol groups is 1. The first-order valence-electron chi connectivity index (χ1n) is 3.96. The zero-order valence-electron chi connectivity index (χ0n) is 6.91. The number of rotatable bonds is 0. The van der Waals surface area contributed by atoms with Crippen molar-refractivity contribution in [3.8, 4) is 0 Å². The Labute approximate surface area is 78.4 Å². The quantitative estimate of drug-likeness (QED) is 0.450. The Hall–Kier alpha value is -0.885. The van der Waals surface area contributed by atoms with Crippen LogP contribution in [0.15, 0.2) is 41.3 Å². The first-order chi connectivity index (χ1) is 5.79. The Morgan fingerprint density at radius 3 is 2.25 bits per heavy atom. The molecule has 0 nitrogen and oxygen atoms in total. The van der Waals surface area contributed by atoms with E-state index in [1.807, 2.05) is 12.1 Å². The maximum atomic E-state index is 4.40. The van der Waals surface area contributed by atoms with Gasteiger partial charge in [0.15, 0.2) is 0 Å². The Kier molecular flexibility index (Phi) is 1.85. The Morgan fingerprint density at radius 1 is 0.917 bits per heavy atom. The van der Waals surface area contributed by atoms with E-state index in [0.717, 1.165) is 4.90 Å². The van der Waals surface area contributed by atoms with Gasteiger partial charge < -0.3 is 0 Å². The number of hydrogen-bond donors (Lipinski definition) is 1. The fourth-order valence-electron chi connectivity index (χ4n) is 1.43. The van der Waals surface area contributed by atoms with Crippen LogP contribution in [0.1, 0.15) is 0 Å². The molecule has 12 heavy (non-hydrogen) atoms.